The highest BCUT2D eigenvalue weighted by molar-refractivity contribution is 7.09. The summed E-state index contributed by atoms with van der Waals surface area (Å²) in [5.41, 5.74) is 0. The molecule has 17 heavy (non-hydrogen) atoms. The van der Waals surface area contributed by atoms with Gasteiger partial charge in [0.05, 0.1) is 6.54 Å². The molecule has 6 nitrogen and oxygen atoms in total. The zero-order valence-electron chi connectivity index (χ0n) is 9.90. The Bertz CT molecular complexity index is 375. The number of anilines is 1. The Morgan fingerprint density at radius 2 is 2.29 bits per heavy atom. The number of carbonyl (C=O) groups excluding carboxylic acids is 1. The van der Waals surface area contributed by atoms with Crippen LogP contribution in [-0.2, 0) is 11.2 Å². The molecule has 0 spiro atoms. The summed E-state index contributed by atoms with van der Waals surface area (Å²) in [6, 6.07) is 0. The Labute approximate surface area is 105 Å². The van der Waals surface area contributed by atoms with Crippen LogP contribution in [0.3, 0.4) is 0 Å². The van der Waals surface area contributed by atoms with Gasteiger partial charge in [-0.2, -0.15) is 4.37 Å². The van der Waals surface area contributed by atoms with Crippen molar-refractivity contribution < 1.29 is 4.79 Å². The van der Waals surface area contributed by atoms with E-state index in [4.69, 9.17) is 0 Å². The predicted molar refractivity (Wildman–Crippen MR) is 67.2 cm³/mol. The molecule has 0 bridgehead atoms. The van der Waals surface area contributed by atoms with Crippen LogP contribution in [0.5, 0.6) is 0 Å². The maximum absolute atomic E-state index is 11.8. The van der Waals surface area contributed by atoms with E-state index in [1.165, 1.54) is 11.5 Å². The van der Waals surface area contributed by atoms with E-state index < -0.39 is 0 Å². The van der Waals surface area contributed by atoms with Gasteiger partial charge in [0.25, 0.3) is 0 Å². The minimum atomic E-state index is 0.125. The molecule has 0 atom stereocenters. The van der Waals surface area contributed by atoms with Gasteiger partial charge in [0.15, 0.2) is 0 Å². The van der Waals surface area contributed by atoms with Crippen LogP contribution in [-0.4, -0.2) is 52.9 Å². The molecule has 1 saturated heterocycles. The number of hydrogen-bond donors (Lipinski definition) is 2. The quantitative estimate of drug-likeness (QED) is 0.789. The molecule has 0 unspecified atom stereocenters. The number of carbonyl (C=O) groups is 1. The number of nitrogens with zero attached hydrogens (tertiary/aromatic N) is 3. The number of nitrogens with one attached hydrogen (secondary N) is 2. The third-order valence-corrected chi connectivity index (χ3v) is 3.36. The normalized spacial score (nSPS) is 15.9. The van der Waals surface area contributed by atoms with E-state index >= 15 is 0 Å². The summed E-state index contributed by atoms with van der Waals surface area (Å²) < 4.78 is 4.16. The number of aryl methyl sites for hydroxylation is 1. The Morgan fingerprint density at radius 3 is 2.94 bits per heavy atom. The van der Waals surface area contributed by atoms with Crippen LogP contribution in [0.25, 0.3) is 0 Å². The van der Waals surface area contributed by atoms with Crippen molar-refractivity contribution in [3.05, 3.63) is 5.82 Å². The smallest absolute Gasteiger partial charge is 0.242 e. The van der Waals surface area contributed by atoms with Crippen molar-refractivity contribution in [1.82, 2.24) is 19.6 Å². The van der Waals surface area contributed by atoms with Crippen LogP contribution in [0.1, 0.15) is 12.7 Å². The van der Waals surface area contributed by atoms with Gasteiger partial charge in [-0.1, -0.05) is 6.92 Å². The lowest BCUT2D eigenvalue weighted by molar-refractivity contribution is -0.129. The summed E-state index contributed by atoms with van der Waals surface area (Å²) in [5, 5.41) is 6.98. The molecule has 7 heteroatoms. The summed E-state index contributed by atoms with van der Waals surface area (Å²) in [7, 11) is 0. The van der Waals surface area contributed by atoms with Crippen molar-refractivity contribution in [2.75, 3.05) is 38.0 Å². The van der Waals surface area contributed by atoms with Crippen LogP contribution in [0.15, 0.2) is 0 Å². The molecule has 2 N–H and O–H groups in total. The number of hydrogen-bond acceptors (Lipinski definition) is 6. The molecule has 2 rings (SSSR count). The van der Waals surface area contributed by atoms with Gasteiger partial charge in [0.1, 0.15) is 5.82 Å². The van der Waals surface area contributed by atoms with E-state index in [1.807, 2.05) is 11.8 Å². The molecule has 1 aromatic heterocycles. The third kappa shape index (κ3) is 3.37. The molecule has 0 saturated carbocycles. The molecular formula is C10H17N5OS. The van der Waals surface area contributed by atoms with E-state index in [9.17, 15) is 4.79 Å². The average Bonchev–Trinajstić information content (AvgIpc) is 2.85. The second-order valence-electron chi connectivity index (χ2n) is 3.85. The summed E-state index contributed by atoms with van der Waals surface area (Å²) >= 11 is 1.31. The lowest BCUT2D eigenvalue weighted by atomic mass is 10.3. The zero-order chi connectivity index (χ0) is 12.1. The second kappa shape index (κ2) is 5.92. The fourth-order valence-corrected chi connectivity index (χ4v) is 2.29. The molecule has 1 amide bonds. The van der Waals surface area contributed by atoms with E-state index in [0.29, 0.717) is 6.54 Å². The lowest BCUT2D eigenvalue weighted by Crippen LogP contribution is -2.48. The predicted octanol–water partition coefficient (Wildman–Crippen LogP) is -0.0558. The van der Waals surface area contributed by atoms with Gasteiger partial charge < -0.3 is 15.5 Å². The highest BCUT2D eigenvalue weighted by Gasteiger charge is 2.16. The van der Waals surface area contributed by atoms with Crippen LogP contribution >= 0.6 is 11.5 Å². The molecule has 0 aromatic carbocycles. The molecule has 1 fully saturated rings. The Balaban J connectivity index is 1.78. The molecule has 0 aliphatic carbocycles. The van der Waals surface area contributed by atoms with Crippen molar-refractivity contribution in [3.8, 4) is 0 Å². The number of piperazine rings is 1. The third-order valence-electron chi connectivity index (χ3n) is 2.64. The highest BCUT2D eigenvalue weighted by Crippen LogP contribution is 2.10. The minimum absolute atomic E-state index is 0.125. The molecule has 2 heterocycles. The van der Waals surface area contributed by atoms with E-state index in [-0.39, 0.29) is 5.91 Å². The topological polar surface area (TPSA) is 70.2 Å². The number of aromatic nitrogens is 2. The van der Waals surface area contributed by atoms with Gasteiger partial charge in [-0.25, -0.2) is 4.98 Å². The van der Waals surface area contributed by atoms with E-state index in [1.54, 1.807) is 0 Å². The van der Waals surface area contributed by atoms with Gasteiger partial charge in [0.2, 0.25) is 11.0 Å². The second-order valence-corrected chi connectivity index (χ2v) is 4.61. The standard InChI is InChI=1S/C10H17N5OS/c1-2-8-13-10(17-14-8)12-7-9(16)15-5-3-11-4-6-15/h11H,2-7H2,1H3,(H,12,13,14). The Kier molecular flexibility index (Phi) is 4.27. The largest absolute Gasteiger partial charge is 0.351 e. The first kappa shape index (κ1) is 12.3. The monoisotopic (exact) mass is 255 g/mol. The van der Waals surface area contributed by atoms with E-state index in [2.05, 4.69) is 20.0 Å². The van der Waals surface area contributed by atoms with Crippen LogP contribution in [0.2, 0.25) is 0 Å². The summed E-state index contributed by atoms with van der Waals surface area (Å²) in [4.78, 5) is 18.0. The molecule has 1 aliphatic heterocycles. The summed E-state index contributed by atoms with van der Waals surface area (Å²) in [6.07, 6.45) is 0.823. The van der Waals surface area contributed by atoms with Crippen molar-refractivity contribution in [3.63, 3.8) is 0 Å². The molecular weight excluding hydrogens is 238 g/mol. The molecule has 1 aromatic rings. The van der Waals surface area contributed by atoms with Gasteiger partial charge in [-0.05, 0) is 0 Å². The minimum Gasteiger partial charge on any atom is -0.351 e. The van der Waals surface area contributed by atoms with Crippen LogP contribution in [0.4, 0.5) is 5.13 Å². The lowest BCUT2D eigenvalue weighted by Gasteiger charge is -2.27. The molecule has 1 aliphatic rings. The van der Waals surface area contributed by atoms with Gasteiger partial charge >= 0.3 is 0 Å². The maximum atomic E-state index is 11.8. The fraction of sp³-hybridized carbons (Fsp3) is 0.700. The van der Waals surface area contributed by atoms with Crippen molar-refractivity contribution in [2.45, 2.75) is 13.3 Å². The fourth-order valence-electron chi connectivity index (χ4n) is 1.65. The average molecular weight is 255 g/mol. The van der Waals surface area contributed by atoms with E-state index in [0.717, 1.165) is 43.6 Å². The molecule has 94 valence electrons. The summed E-state index contributed by atoms with van der Waals surface area (Å²) in [5.74, 6) is 0.951. The first-order valence-electron chi connectivity index (χ1n) is 5.84. The highest BCUT2D eigenvalue weighted by atomic mass is 32.1. The Morgan fingerprint density at radius 1 is 1.53 bits per heavy atom. The number of rotatable bonds is 4. The van der Waals surface area contributed by atoms with Crippen LogP contribution < -0.4 is 10.6 Å². The SMILES string of the molecule is CCc1nsc(NCC(=O)N2CCNCC2)n1. The van der Waals surface area contributed by atoms with Gasteiger partial charge in [-0.3, -0.25) is 4.79 Å². The number of amides is 1. The summed E-state index contributed by atoms with van der Waals surface area (Å²) in [6.45, 7) is 5.65. The van der Waals surface area contributed by atoms with Crippen LogP contribution in [0, 0.1) is 0 Å². The first-order valence-corrected chi connectivity index (χ1v) is 6.62. The molecule has 0 radical (unpaired) electrons. The zero-order valence-corrected chi connectivity index (χ0v) is 10.7. The first-order chi connectivity index (χ1) is 8.29. The maximum Gasteiger partial charge on any atom is 0.242 e. The van der Waals surface area contributed by atoms with Crippen molar-refractivity contribution >= 4 is 22.6 Å². The van der Waals surface area contributed by atoms with Crippen molar-refractivity contribution in [1.29, 1.82) is 0 Å². The van der Waals surface area contributed by atoms with Gasteiger partial charge in [0, 0.05) is 44.1 Å². The van der Waals surface area contributed by atoms with Crippen molar-refractivity contribution in [2.24, 2.45) is 0 Å². The Hall–Kier alpha value is -1.21. The van der Waals surface area contributed by atoms with Gasteiger partial charge in [-0.15, -0.1) is 0 Å².